The van der Waals surface area contributed by atoms with E-state index in [4.69, 9.17) is 9.47 Å². The fraction of sp³-hybridized carbons (Fsp3) is 0.350. The van der Waals surface area contributed by atoms with Gasteiger partial charge < -0.3 is 14.8 Å². The summed E-state index contributed by atoms with van der Waals surface area (Å²) < 4.78 is 50.5. The van der Waals surface area contributed by atoms with Crippen molar-refractivity contribution in [3.05, 3.63) is 53.3 Å². The van der Waals surface area contributed by atoms with Crippen LogP contribution in [-0.4, -0.2) is 44.7 Å². The van der Waals surface area contributed by atoms with Crippen molar-refractivity contribution in [2.45, 2.75) is 19.4 Å². The molecule has 28 heavy (non-hydrogen) atoms. The number of ether oxygens (including phenoxy) is 2. The minimum Gasteiger partial charge on any atom is -0.493 e. The maximum atomic E-state index is 13.7. The van der Waals surface area contributed by atoms with Crippen LogP contribution in [0.5, 0.6) is 11.5 Å². The van der Waals surface area contributed by atoms with Gasteiger partial charge >= 0.3 is 0 Å². The maximum Gasteiger partial charge on any atom is 0.241 e. The molecule has 0 aliphatic carbocycles. The number of rotatable bonds is 8. The van der Waals surface area contributed by atoms with Gasteiger partial charge in [-0.25, -0.2) is 13.2 Å². The molecular formula is C20H23F3N2O3. The SMILES string of the molecule is COc1ccc(CCN(C)[C@H](C)C(=O)Nc2ccc(F)c(F)c2F)cc1OC. The number of amides is 1. The highest BCUT2D eigenvalue weighted by Gasteiger charge is 2.21. The number of likely N-dealkylation sites (N-methyl/N-ethyl adjacent to an activating group) is 1. The van der Waals surface area contributed by atoms with Crippen LogP contribution in [0.25, 0.3) is 0 Å². The first-order chi connectivity index (χ1) is 13.3. The van der Waals surface area contributed by atoms with Crippen LogP contribution in [0, 0.1) is 17.5 Å². The highest BCUT2D eigenvalue weighted by molar-refractivity contribution is 5.94. The van der Waals surface area contributed by atoms with Crippen molar-refractivity contribution in [1.82, 2.24) is 4.90 Å². The highest BCUT2D eigenvalue weighted by Crippen LogP contribution is 2.27. The van der Waals surface area contributed by atoms with E-state index in [0.717, 1.165) is 17.7 Å². The Bertz CT molecular complexity index is 846. The first kappa shape index (κ1) is 21.6. The molecule has 0 spiro atoms. The second-order valence-corrected chi connectivity index (χ2v) is 6.31. The van der Waals surface area contributed by atoms with Gasteiger partial charge in [0.15, 0.2) is 29.0 Å². The third-order valence-corrected chi connectivity index (χ3v) is 4.53. The van der Waals surface area contributed by atoms with Crippen molar-refractivity contribution in [3.63, 3.8) is 0 Å². The Labute approximate surface area is 162 Å². The summed E-state index contributed by atoms with van der Waals surface area (Å²) in [5.74, 6) is -3.64. The molecule has 2 aromatic rings. The lowest BCUT2D eigenvalue weighted by molar-refractivity contribution is -0.120. The van der Waals surface area contributed by atoms with Crippen molar-refractivity contribution in [1.29, 1.82) is 0 Å². The summed E-state index contributed by atoms with van der Waals surface area (Å²) in [5, 5.41) is 2.29. The van der Waals surface area contributed by atoms with E-state index in [2.05, 4.69) is 5.32 Å². The third-order valence-electron chi connectivity index (χ3n) is 4.53. The van der Waals surface area contributed by atoms with Crippen molar-refractivity contribution in [2.24, 2.45) is 0 Å². The zero-order valence-electron chi connectivity index (χ0n) is 16.2. The van der Waals surface area contributed by atoms with Gasteiger partial charge in [0.2, 0.25) is 5.91 Å². The van der Waals surface area contributed by atoms with Gasteiger partial charge in [0.25, 0.3) is 0 Å². The fourth-order valence-corrected chi connectivity index (χ4v) is 2.60. The van der Waals surface area contributed by atoms with E-state index < -0.39 is 35.1 Å². The van der Waals surface area contributed by atoms with E-state index in [1.54, 1.807) is 39.2 Å². The predicted molar refractivity (Wildman–Crippen MR) is 100 cm³/mol. The van der Waals surface area contributed by atoms with Crippen molar-refractivity contribution >= 4 is 11.6 Å². The predicted octanol–water partition coefficient (Wildman–Crippen LogP) is 3.62. The molecule has 0 saturated heterocycles. The van der Waals surface area contributed by atoms with Crippen molar-refractivity contribution < 1.29 is 27.4 Å². The lowest BCUT2D eigenvalue weighted by Crippen LogP contribution is -2.40. The molecule has 2 aromatic carbocycles. The number of carbonyl (C=O) groups is 1. The molecule has 0 aromatic heterocycles. The molecule has 1 amide bonds. The van der Waals surface area contributed by atoms with E-state index in [0.29, 0.717) is 24.5 Å². The second-order valence-electron chi connectivity index (χ2n) is 6.31. The molecule has 0 aliphatic heterocycles. The molecule has 0 unspecified atom stereocenters. The maximum absolute atomic E-state index is 13.7. The molecular weight excluding hydrogens is 373 g/mol. The number of methoxy groups -OCH3 is 2. The minimum absolute atomic E-state index is 0.399. The monoisotopic (exact) mass is 396 g/mol. The van der Waals surface area contributed by atoms with Gasteiger partial charge in [-0.1, -0.05) is 6.07 Å². The standard InChI is InChI=1S/C20H23F3N2O3/c1-12(20(26)24-15-7-6-14(21)18(22)19(15)23)25(2)10-9-13-5-8-16(27-3)17(11-13)28-4/h5-8,11-12H,9-10H2,1-4H3,(H,24,26)/t12-/m1/s1. The molecule has 152 valence electrons. The number of nitrogens with zero attached hydrogens (tertiary/aromatic N) is 1. The van der Waals surface area contributed by atoms with Crippen LogP contribution in [0.1, 0.15) is 12.5 Å². The van der Waals surface area contributed by atoms with Crippen molar-refractivity contribution in [3.8, 4) is 11.5 Å². The van der Waals surface area contributed by atoms with Crippen LogP contribution < -0.4 is 14.8 Å². The van der Waals surface area contributed by atoms with Crippen LogP contribution in [-0.2, 0) is 11.2 Å². The summed E-state index contributed by atoms with van der Waals surface area (Å²) in [6.45, 7) is 2.17. The normalized spacial score (nSPS) is 12.0. The number of hydrogen-bond acceptors (Lipinski definition) is 4. The molecule has 0 bridgehead atoms. The highest BCUT2D eigenvalue weighted by atomic mass is 19.2. The molecule has 1 atom stereocenters. The molecule has 5 nitrogen and oxygen atoms in total. The number of benzene rings is 2. The van der Waals surface area contributed by atoms with Crippen LogP contribution in [0.15, 0.2) is 30.3 Å². The summed E-state index contributed by atoms with van der Waals surface area (Å²) >= 11 is 0. The van der Waals surface area contributed by atoms with Gasteiger partial charge in [0, 0.05) is 6.54 Å². The summed E-state index contributed by atoms with van der Waals surface area (Å²) in [6, 6.07) is 6.69. The Morgan fingerprint density at radius 1 is 1.07 bits per heavy atom. The van der Waals surface area contributed by atoms with Gasteiger partial charge in [-0.3, -0.25) is 9.69 Å². The Hall–Kier alpha value is -2.74. The third kappa shape index (κ3) is 4.95. The molecule has 0 aliphatic rings. The summed E-state index contributed by atoms with van der Waals surface area (Å²) in [5.41, 5.74) is 0.591. The number of hydrogen-bond donors (Lipinski definition) is 1. The lowest BCUT2D eigenvalue weighted by atomic mass is 10.1. The number of carbonyl (C=O) groups excluding carboxylic acids is 1. The molecule has 8 heteroatoms. The quantitative estimate of drug-likeness (QED) is 0.693. The molecule has 0 radical (unpaired) electrons. The average molecular weight is 396 g/mol. The summed E-state index contributed by atoms with van der Waals surface area (Å²) in [4.78, 5) is 14.1. The molecule has 1 N–H and O–H groups in total. The Kier molecular flexibility index (Phi) is 7.28. The minimum atomic E-state index is -1.62. The lowest BCUT2D eigenvalue weighted by Gasteiger charge is -2.24. The number of halogens is 3. The molecule has 2 rings (SSSR count). The largest absolute Gasteiger partial charge is 0.493 e. The van der Waals surface area contributed by atoms with Gasteiger partial charge in [-0.05, 0) is 50.2 Å². The molecule has 0 saturated carbocycles. The first-order valence-corrected chi connectivity index (χ1v) is 8.64. The van der Waals surface area contributed by atoms with E-state index in [9.17, 15) is 18.0 Å². The van der Waals surface area contributed by atoms with E-state index in [-0.39, 0.29) is 0 Å². The second kappa shape index (κ2) is 9.45. The number of nitrogens with one attached hydrogen (secondary N) is 1. The van der Waals surface area contributed by atoms with Gasteiger partial charge in [0.05, 0.1) is 25.9 Å². The fourth-order valence-electron chi connectivity index (χ4n) is 2.60. The molecule has 0 fully saturated rings. The topological polar surface area (TPSA) is 50.8 Å². The zero-order valence-corrected chi connectivity index (χ0v) is 16.2. The van der Waals surface area contributed by atoms with Crippen LogP contribution in [0.4, 0.5) is 18.9 Å². The number of anilines is 1. The van der Waals surface area contributed by atoms with Gasteiger partial charge in [-0.2, -0.15) is 0 Å². The average Bonchev–Trinajstić information content (AvgIpc) is 2.71. The first-order valence-electron chi connectivity index (χ1n) is 8.64. The van der Waals surface area contributed by atoms with Crippen molar-refractivity contribution in [2.75, 3.05) is 33.1 Å². The van der Waals surface area contributed by atoms with Gasteiger partial charge in [-0.15, -0.1) is 0 Å². The van der Waals surface area contributed by atoms with Crippen LogP contribution >= 0.6 is 0 Å². The summed E-state index contributed by atoms with van der Waals surface area (Å²) in [6.07, 6.45) is 0.633. The Morgan fingerprint density at radius 2 is 1.75 bits per heavy atom. The molecule has 0 heterocycles. The van der Waals surface area contributed by atoms with E-state index in [1.165, 1.54) is 0 Å². The van der Waals surface area contributed by atoms with E-state index >= 15 is 0 Å². The Balaban J connectivity index is 1.98. The van der Waals surface area contributed by atoms with Crippen LogP contribution in [0.3, 0.4) is 0 Å². The Morgan fingerprint density at radius 3 is 2.39 bits per heavy atom. The van der Waals surface area contributed by atoms with E-state index in [1.807, 2.05) is 12.1 Å². The smallest absolute Gasteiger partial charge is 0.241 e. The van der Waals surface area contributed by atoms with Crippen LogP contribution in [0.2, 0.25) is 0 Å². The van der Waals surface area contributed by atoms with Gasteiger partial charge in [0.1, 0.15) is 0 Å². The zero-order chi connectivity index (χ0) is 20.8. The summed E-state index contributed by atoms with van der Waals surface area (Å²) in [7, 11) is 4.85.